The molecule has 0 fully saturated rings. The summed E-state index contributed by atoms with van der Waals surface area (Å²) in [5, 5.41) is 0. The summed E-state index contributed by atoms with van der Waals surface area (Å²) >= 11 is 0. The zero-order valence-electron chi connectivity index (χ0n) is 13.3. The minimum atomic E-state index is -0.573. The minimum Gasteiger partial charge on any atom is -0.486 e. The van der Waals surface area contributed by atoms with E-state index in [9.17, 15) is 13.6 Å². The highest BCUT2D eigenvalue weighted by molar-refractivity contribution is 5.72. The van der Waals surface area contributed by atoms with Crippen LogP contribution in [0.25, 0.3) is 0 Å². The van der Waals surface area contributed by atoms with Crippen LogP contribution < -0.4 is 9.47 Å². The van der Waals surface area contributed by atoms with E-state index in [-0.39, 0.29) is 30.1 Å². The van der Waals surface area contributed by atoms with E-state index < -0.39 is 17.6 Å². The first kappa shape index (κ1) is 16.9. The summed E-state index contributed by atoms with van der Waals surface area (Å²) < 4.78 is 38.4. The lowest BCUT2D eigenvalue weighted by molar-refractivity contribution is -0.134. The standard InChI is InChI=1S/C18H18F2O3/c1-4-18(21)23-16-7-5-6-14(19)13(16)10-22-17-9-12(3)11(2)8-15(17)20/h5-9H,4,10H2,1-3H3. The van der Waals surface area contributed by atoms with Crippen molar-refractivity contribution in [1.82, 2.24) is 0 Å². The van der Waals surface area contributed by atoms with E-state index in [0.29, 0.717) is 0 Å². The first-order chi connectivity index (χ1) is 10.9. The van der Waals surface area contributed by atoms with Crippen molar-refractivity contribution in [2.45, 2.75) is 33.8 Å². The van der Waals surface area contributed by atoms with Gasteiger partial charge < -0.3 is 9.47 Å². The quantitative estimate of drug-likeness (QED) is 0.602. The number of rotatable bonds is 5. The zero-order valence-corrected chi connectivity index (χ0v) is 13.3. The molecule has 0 bridgehead atoms. The molecule has 5 heteroatoms. The fraction of sp³-hybridized carbons (Fsp3) is 0.278. The molecule has 0 amide bonds. The second-order valence-corrected chi connectivity index (χ2v) is 5.20. The van der Waals surface area contributed by atoms with Crippen LogP contribution in [-0.2, 0) is 11.4 Å². The van der Waals surface area contributed by atoms with Gasteiger partial charge in [0, 0.05) is 6.42 Å². The number of carbonyl (C=O) groups is 1. The molecule has 0 atom stereocenters. The van der Waals surface area contributed by atoms with Crippen molar-refractivity contribution in [1.29, 1.82) is 0 Å². The monoisotopic (exact) mass is 320 g/mol. The molecule has 0 heterocycles. The average Bonchev–Trinajstić information content (AvgIpc) is 2.51. The van der Waals surface area contributed by atoms with Crippen LogP contribution in [0.15, 0.2) is 30.3 Å². The average molecular weight is 320 g/mol. The molecule has 0 aliphatic heterocycles. The van der Waals surface area contributed by atoms with Crippen molar-refractivity contribution in [3.63, 3.8) is 0 Å². The normalized spacial score (nSPS) is 10.5. The molecule has 0 radical (unpaired) electrons. The smallest absolute Gasteiger partial charge is 0.310 e. The Morgan fingerprint density at radius 2 is 1.74 bits per heavy atom. The first-order valence-corrected chi connectivity index (χ1v) is 7.30. The number of hydrogen-bond acceptors (Lipinski definition) is 3. The fourth-order valence-corrected chi connectivity index (χ4v) is 1.98. The Kier molecular flexibility index (Phi) is 5.32. The number of halogens is 2. The molecule has 3 nitrogen and oxygen atoms in total. The van der Waals surface area contributed by atoms with Gasteiger partial charge in [0.1, 0.15) is 18.2 Å². The van der Waals surface area contributed by atoms with Crippen LogP contribution in [0.2, 0.25) is 0 Å². The lowest BCUT2D eigenvalue weighted by atomic mass is 10.1. The number of aryl methyl sites for hydroxylation is 2. The lowest BCUT2D eigenvalue weighted by Crippen LogP contribution is -2.10. The van der Waals surface area contributed by atoms with Crippen LogP contribution in [0.3, 0.4) is 0 Å². The SMILES string of the molecule is CCC(=O)Oc1cccc(F)c1COc1cc(C)c(C)cc1F. The Balaban J connectivity index is 2.23. The second-order valence-electron chi connectivity index (χ2n) is 5.20. The van der Waals surface area contributed by atoms with Crippen molar-refractivity contribution >= 4 is 5.97 Å². The van der Waals surface area contributed by atoms with Crippen LogP contribution in [0, 0.1) is 25.5 Å². The molecule has 0 aromatic heterocycles. The number of esters is 1. The molecule has 0 N–H and O–H groups in total. The van der Waals surface area contributed by atoms with E-state index in [1.54, 1.807) is 19.9 Å². The summed E-state index contributed by atoms with van der Waals surface area (Å²) in [5.74, 6) is -1.45. The molecule has 2 aromatic rings. The van der Waals surface area contributed by atoms with Crippen molar-refractivity contribution in [3.05, 3.63) is 58.7 Å². The predicted molar refractivity (Wildman–Crippen MR) is 82.5 cm³/mol. The summed E-state index contributed by atoms with van der Waals surface area (Å²) in [7, 11) is 0. The Hall–Kier alpha value is -2.43. The molecule has 0 saturated carbocycles. The summed E-state index contributed by atoms with van der Waals surface area (Å²) in [5.41, 5.74) is 1.75. The van der Waals surface area contributed by atoms with Crippen molar-refractivity contribution in [3.8, 4) is 11.5 Å². The van der Waals surface area contributed by atoms with Gasteiger partial charge in [-0.05, 0) is 49.2 Å². The highest BCUT2D eigenvalue weighted by Crippen LogP contribution is 2.26. The van der Waals surface area contributed by atoms with E-state index in [2.05, 4.69) is 0 Å². The molecule has 0 saturated heterocycles. The van der Waals surface area contributed by atoms with Gasteiger partial charge in [0.05, 0.1) is 5.56 Å². The van der Waals surface area contributed by atoms with Crippen molar-refractivity contribution in [2.24, 2.45) is 0 Å². The second kappa shape index (κ2) is 7.22. The fourth-order valence-electron chi connectivity index (χ4n) is 1.98. The van der Waals surface area contributed by atoms with Gasteiger partial charge in [0.2, 0.25) is 0 Å². The Morgan fingerprint density at radius 3 is 2.43 bits per heavy atom. The summed E-state index contributed by atoms with van der Waals surface area (Å²) in [6, 6.07) is 7.08. The van der Waals surface area contributed by atoms with Gasteiger partial charge in [0.25, 0.3) is 0 Å². The van der Waals surface area contributed by atoms with Crippen LogP contribution >= 0.6 is 0 Å². The molecule has 0 aliphatic rings. The summed E-state index contributed by atoms with van der Waals surface area (Å²) in [6.07, 6.45) is 0.169. The van der Waals surface area contributed by atoms with Crippen LogP contribution in [0.4, 0.5) is 8.78 Å². The van der Waals surface area contributed by atoms with Gasteiger partial charge in [-0.25, -0.2) is 8.78 Å². The number of ether oxygens (including phenoxy) is 2. The number of hydrogen-bond donors (Lipinski definition) is 0. The maximum atomic E-state index is 14.0. The molecule has 122 valence electrons. The van der Waals surface area contributed by atoms with Crippen LogP contribution in [0.1, 0.15) is 30.0 Å². The predicted octanol–water partition coefficient (Wildman–Crippen LogP) is 4.48. The van der Waals surface area contributed by atoms with E-state index >= 15 is 0 Å². The first-order valence-electron chi connectivity index (χ1n) is 7.30. The van der Waals surface area contributed by atoms with Crippen LogP contribution in [-0.4, -0.2) is 5.97 Å². The van der Waals surface area contributed by atoms with Crippen molar-refractivity contribution < 1.29 is 23.0 Å². The molecule has 0 aliphatic carbocycles. The van der Waals surface area contributed by atoms with Gasteiger partial charge in [-0.3, -0.25) is 4.79 Å². The topological polar surface area (TPSA) is 35.5 Å². The summed E-state index contributed by atoms with van der Waals surface area (Å²) in [6.45, 7) is 5.03. The molecule has 2 rings (SSSR count). The van der Waals surface area contributed by atoms with E-state index in [4.69, 9.17) is 9.47 Å². The van der Waals surface area contributed by atoms with Gasteiger partial charge in [-0.1, -0.05) is 13.0 Å². The van der Waals surface area contributed by atoms with E-state index in [0.717, 1.165) is 11.1 Å². The van der Waals surface area contributed by atoms with Crippen LogP contribution in [0.5, 0.6) is 11.5 Å². The van der Waals surface area contributed by atoms with E-state index in [1.165, 1.54) is 24.3 Å². The maximum absolute atomic E-state index is 14.0. The summed E-state index contributed by atoms with van der Waals surface area (Å²) in [4.78, 5) is 11.4. The zero-order chi connectivity index (χ0) is 17.0. The van der Waals surface area contributed by atoms with Gasteiger partial charge in [-0.15, -0.1) is 0 Å². The molecule has 23 heavy (non-hydrogen) atoms. The molecular weight excluding hydrogens is 302 g/mol. The van der Waals surface area contributed by atoms with Crippen molar-refractivity contribution in [2.75, 3.05) is 0 Å². The Morgan fingerprint density at radius 1 is 1.04 bits per heavy atom. The number of benzene rings is 2. The molecule has 0 unspecified atom stereocenters. The Bertz CT molecular complexity index is 726. The highest BCUT2D eigenvalue weighted by Gasteiger charge is 2.15. The van der Waals surface area contributed by atoms with Gasteiger partial charge in [-0.2, -0.15) is 0 Å². The Labute approximate surface area is 133 Å². The van der Waals surface area contributed by atoms with E-state index in [1.807, 2.05) is 6.92 Å². The third kappa shape index (κ3) is 4.06. The third-order valence-corrected chi connectivity index (χ3v) is 3.51. The largest absolute Gasteiger partial charge is 0.486 e. The molecular formula is C18H18F2O3. The molecule has 2 aromatic carbocycles. The lowest BCUT2D eigenvalue weighted by Gasteiger charge is -2.13. The van der Waals surface area contributed by atoms with Gasteiger partial charge >= 0.3 is 5.97 Å². The maximum Gasteiger partial charge on any atom is 0.310 e. The highest BCUT2D eigenvalue weighted by atomic mass is 19.1. The third-order valence-electron chi connectivity index (χ3n) is 3.51. The minimum absolute atomic E-state index is 0.0316. The van der Waals surface area contributed by atoms with Gasteiger partial charge in [0.15, 0.2) is 11.6 Å². The molecule has 0 spiro atoms. The number of carbonyl (C=O) groups excluding carboxylic acids is 1.